The lowest BCUT2D eigenvalue weighted by Gasteiger charge is -2.38. The molecule has 0 aliphatic heterocycles. The van der Waals surface area contributed by atoms with Crippen LogP contribution in [0.25, 0.3) is 0 Å². The molecule has 2 aromatic rings. The highest BCUT2D eigenvalue weighted by Gasteiger charge is 2.34. The van der Waals surface area contributed by atoms with Gasteiger partial charge >= 0.3 is 0 Å². The Hall–Kier alpha value is -1.56. The molecule has 0 heteroatoms. The van der Waals surface area contributed by atoms with E-state index in [1.54, 1.807) is 22.3 Å². The number of hydrogen-bond donors (Lipinski definition) is 0. The molecule has 0 saturated carbocycles. The molecule has 0 spiro atoms. The summed E-state index contributed by atoms with van der Waals surface area (Å²) in [5.74, 6) is 0. The third kappa shape index (κ3) is 8.01. The average molecular weight is 533 g/mol. The lowest BCUT2D eigenvalue weighted by atomic mass is 9.67. The molecule has 0 aliphatic carbocycles. The van der Waals surface area contributed by atoms with Crippen LogP contribution in [0.15, 0.2) is 24.3 Å². The quantitative estimate of drug-likeness (QED) is 0.367. The number of rotatable bonds is 4. The van der Waals surface area contributed by atoms with Crippen molar-refractivity contribution in [2.75, 3.05) is 0 Å². The van der Waals surface area contributed by atoms with E-state index in [0.29, 0.717) is 0 Å². The van der Waals surface area contributed by atoms with Gasteiger partial charge < -0.3 is 0 Å². The first-order valence-electron chi connectivity index (χ1n) is 15.5. The Balaban J connectivity index is 2.62. The molecule has 0 unspecified atom stereocenters. The third-order valence-electron chi connectivity index (χ3n) is 8.08. The minimum atomic E-state index is 0.104. The zero-order chi connectivity index (χ0) is 30.6. The molecule has 0 aliphatic rings. The topological polar surface area (TPSA) is 0 Å². The van der Waals surface area contributed by atoms with Crippen LogP contribution in [-0.2, 0) is 45.3 Å². The predicted molar refractivity (Wildman–Crippen MR) is 177 cm³/mol. The van der Waals surface area contributed by atoms with Gasteiger partial charge in [0, 0.05) is 0 Å². The molecule has 0 saturated heterocycles. The second-order valence-corrected chi connectivity index (χ2v) is 18.4. The Morgan fingerprint density at radius 1 is 0.385 bits per heavy atom. The van der Waals surface area contributed by atoms with E-state index in [9.17, 15) is 0 Å². The van der Waals surface area contributed by atoms with E-state index in [0.717, 1.165) is 12.8 Å². The van der Waals surface area contributed by atoms with Crippen LogP contribution in [0.1, 0.15) is 176 Å². The smallest absolute Gasteiger partial charge is 0.0126 e. The molecule has 0 N–H and O–H groups in total. The SMILES string of the molecule is CC(C)(C)c1cc(CCCc2ccc(C(C)(C)C)c(C(C)(C)C)c2C(C)(C)C)cc(C(C)(C)C)c1C(C)(C)C. The second kappa shape index (κ2) is 10.7. The first kappa shape index (κ1) is 33.6. The van der Waals surface area contributed by atoms with E-state index >= 15 is 0 Å². The van der Waals surface area contributed by atoms with Gasteiger partial charge in [0.25, 0.3) is 0 Å². The van der Waals surface area contributed by atoms with Crippen molar-refractivity contribution in [2.45, 2.75) is 176 Å². The van der Waals surface area contributed by atoms with Crippen molar-refractivity contribution in [2.24, 2.45) is 0 Å². The minimum Gasteiger partial charge on any atom is -0.0584 e. The van der Waals surface area contributed by atoms with Crippen LogP contribution in [-0.4, -0.2) is 0 Å². The summed E-state index contributed by atoms with van der Waals surface area (Å²) < 4.78 is 0. The fourth-order valence-corrected chi connectivity index (χ4v) is 6.44. The van der Waals surface area contributed by atoms with Gasteiger partial charge in [-0.2, -0.15) is 0 Å². The van der Waals surface area contributed by atoms with Crippen LogP contribution in [0.3, 0.4) is 0 Å². The van der Waals surface area contributed by atoms with Gasteiger partial charge in [-0.15, -0.1) is 0 Å². The number of benzene rings is 2. The van der Waals surface area contributed by atoms with Gasteiger partial charge in [0.05, 0.1) is 0 Å². The van der Waals surface area contributed by atoms with Crippen molar-refractivity contribution < 1.29 is 0 Å². The normalized spacial score (nSPS) is 14.2. The van der Waals surface area contributed by atoms with Gasteiger partial charge in [-0.25, -0.2) is 0 Å². The monoisotopic (exact) mass is 533 g/mol. The summed E-state index contributed by atoms with van der Waals surface area (Å²) in [6, 6.07) is 9.99. The molecule has 2 aromatic carbocycles. The van der Waals surface area contributed by atoms with E-state index in [1.807, 2.05) is 0 Å². The molecular formula is C39H64. The summed E-state index contributed by atoms with van der Waals surface area (Å²) in [5.41, 5.74) is 13.0. The van der Waals surface area contributed by atoms with Gasteiger partial charge in [0.1, 0.15) is 0 Å². The molecule has 0 nitrogen and oxygen atoms in total. The molecular weight excluding hydrogens is 468 g/mol. The fraction of sp³-hybridized carbons (Fsp3) is 0.692. The summed E-state index contributed by atoms with van der Waals surface area (Å²) in [6.07, 6.45) is 3.41. The Kier molecular flexibility index (Phi) is 9.22. The second-order valence-electron chi connectivity index (χ2n) is 18.4. The van der Waals surface area contributed by atoms with Gasteiger partial charge in [0.2, 0.25) is 0 Å². The molecule has 0 radical (unpaired) electrons. The molecule has 0 fully saturated rings. The Bertz CT molecular complexity index is 1110. The zero-order valence-corrected chi connectivity index (χ0v) is 29.4. The van der Waals surface area contributed by atoms with Crippen LogP contribution < -0.4 is 0 Å². The number of aryl methyl sites for hydroxylation is 2. The van der Waals surface area contributed by atoms with Crippen LogP contribution >= 0.6 is 0 Å². The summed E-state index contributed by atoms with van der Waals surface area (Å²) in [6.45, 7) is 43.0. The van der Waals surface area contributed by atoms with Crippen LogP contribution in [0, 0.1) is 0 Å². The summed E-state index contributed by atoms with van der Waals surface area (Å²) in [5, 5.41) is 0. The van der Waals surface area contributed by atoms with Crippen molar-refractivity contribution in [1.82, 2.24) is 0 Å². The maximum Gasteiger partial charge on any atom is -0.0126 e. The standard InChI is InChI=1S/C39H64/c1-34(2,3)28-23-22-27(31(37(10,11)12)33(28)39(16,17)18)21-19-20-26-24-29(35(4,5)6)32(38(13,14)15)30(25-26)36(7,8)9/h22-25H,19-21H2,1-18H3. The van der Waals surface area contributed by atoms with Gasteiger partial charge in [-0.3, -0.25) is 0 Å². The maximum absolute atomic E-state index is 2.55. The van der Waals surface area contributed by atoms with E-state index in [1.165, 1.54) is 28.7 Å². The molecule has 0 bridgehead atoms. The molecule has 0 heterocycles. The number of hydrogen-bond acceptors (Lipinski definition) is 0. The largest absolute Gasteiger partial charge is 0.0584 e. The van der Waals surface area contributed by atoms with Crippen LogP contribution in [0.5, 0.6) is 0 Å². The molecule has 2 rings (SSSR count). The van der Waals surface area contributed by atoms with Gasteiger partial charge in [-0.05, 0) is 96.3 Å². The first-order chi connectivity index (χ1) is 17.2. The van der Waals surface area contributed by atoms with Gasteiger partial charge in [0.15, 0.2) is 0 Å². The third-order valence-corrected chi connectivity index (χ3v) is 8.08. The van der Waals surface area contributed by atoms with E-state index in [4.69, 9.17) is 0 Å². The molecule has 0 aromatic heterocycles. The van der Waals surface area contributed by atoms with E-state index in [-0.39, 0.29) is 32.5 Å². The summed E-state index contributed by atoms with van der Waals surface area (Å²) in [7, 11) is 0. The first-order valence-corrected chi connectivity index (χ1v) is 15.5. The summed E-state index contributed by atoms with van der Waals surface area (Å²) >= 11 is 0. The maximum atomic E-state index is 2.55. The molecule has 39 heavy (non-hydrogen) atoms. The predicted octanol–water partition coefficient (Wildman–Crippen LogP) is 11.6. The molecule has 0 atom stereocenters. The fourth-order valence-electron chi connectivity index (χ4n) is 6.44. The zero-order valence-electron chi connectivity index (χ0n) is 29.4. The highest BCUT2D eigenvalue weighted by molar-refractivity contribution is 5.52. The minimum absolute atomic E-state index is 0.104. The molecule has 0 amide bonds. The lowest BCUT2D eigenvalue weighted by Crippen LogP contribution is -2.29. The van der Waals surface area contributed by atoms with Crippen LogP contribution in [0.4, 0.5) is 0 Å². The van der Waals surface area contributed by atoms with Crippen molar-refractivity contribution in [3.05, 3.63) is 68.8 Å². The summed E-state index contributed by atoms with van der Waals surface area (Å²) in [4.78, 5) is 0. The van der Waals surface area contributed by atoms with Crippen molar-refractivity contribution in [3.8, 4) is 0 Å². The molecule has 220 valence electrons. The lowest BCUT2D eigenvalue weighted by molar-refractivity contribution is 0.492. The van der Waals surface area contributed by atoms with E-state index in [2.05, 4.69) is 149 Å². The Morgan fingerprint density at radius 2 is 0.769 bits per heavy atom. The Labute approximate surface area is 244 Å². The van der Waals surface area contributed by atoms with Crippen LogP contribution in [0.2, 0.25) is 0 Å². The average Bonchev–Trinajstić information content (AvgIpc) is 2.68. The highest BCUT2D eigenvalue weighted by atomic mass is 14.4. The van der Waals surface area contributed by atoms with Crippen molar-refractivity contribution >= 4 is 0 Å². The van der Waals surface area contributed by atoms with Crippen molar-refractivity contribution in [1.29, 1.82) is 0 Å². The Morgan fingerprint density at radius 3 is 1.10 bits per heavy atom. The van der Waals surface area contributed by atoms with Crippen molar-refractivity contribution in [3.63, 3.8) is 0 Å². The van der Waals surface area contributed by atoms with Gasteiger partial charge in [-0.1, -0.05) is 149 Å². The van der Waals surface area contributed by atoms with E-state index < -0.39 is 0 Å². The highest BCUT2D eigenvalue weighted by Crippen LogP contribution is 2.44.